The molecule has 3 nitrogen and oxygen atoms in total. The number of hydrogen-bond donors (Lipinski definition) is 1. The fraction of sp³-hybridized carbons (Fsp3) is 0.235. The third kappa shape index (κ3) is 2.82. The first-order valence-corrected chi connectivity index (χ1v) is 6.74. The normalized spacial score (nSPS) is 14.1. The zero-order valence-corrected chi connectivity index (χ0v) is 11.3. The molecule has 3 rings (SSSR count). The lowest BCUT2D eigenvalue weighted by molar-refractivity contribution is 0.0697. The van der Waals surface area contributed by atoms with Crippen molar-refractivity contribution in [2.24, 2.45) is 0 Å². The van der Waals surface area contributed by atoms with E-state index in [1.807, 2.05) is 37.3 Å². The molecule has 1 saturated carbocycles. The first-order chi connectivity index (χ1) is 9.61. The number of carboxylic acid groups (broad SMARTS) is 1. The van der Waals surface area contributed by atoms with Gasteiger partial charge in [-0.2, -0.15) is 0 Å². The molecule has 0 unspecified atom stereocenters. The van der Waals surface area contributed by atoms with Crippen LogP contribution >= 0.6 is 0 Å². The van der Waals surface area contributed by atoms with Crippen LogP contribution in [0.5, 0.6) is 5.75 Å². The van der Waals surface area contributed by atoms with Crippen LogP contribution in [0.3, 0.4) is 0 Å². The Kier molecular flexibility index (Phi) is 3.18. The molecule has 0 heterocycles. The predicted octanol–water partition coefficient (Wildman–Crippen LogP) is 3.90. The fourth-order valence-electron chi connectivity index (χ4n) is 2.20. The van der Waals surface area contributed by atoms with Gasteiger partial charge >= 0.3 is 5.97 Å². The van der Waals surface area contributed by atoms with Crippen molar-refractivity contribution in [3.63, 3.8) is 0 Å². The second-order valence-electron chi connectivity index (χ2n) is 5.24. The lowest BCUT2D eigenvalue weighted by Gasteiger charge is -2.09. The topological polar surface area (TPSA) is 46.5 Å². The molecule has 2 aromatic carbocycles. The van der Waals surface area contributed by atoms with E-state index in [4.69, 9.17) is 9.84 Å². The zero-order chi connectivity index (χ0) is 14.1. The Morgan fingerprint density at radius 1 is 1.15 bits per heavy atom. The smallest absolute Gasteiger partial charge is 0.335 e. The summed E-state index contributed by atoms with van der Waals surface area (Å²) in [6.07, 6.45) is 2.60. The van der Waals surface area contributed by atoms with Crippen LogP contribution in [0.15, 0.2) is 42.5 Å². The first-order valence-electron chi connectivity index (χ1n) is 6.74. The molecule has 2 aromatic rings. The average Bonchev–Trinajstić information content (AvgIpc) is 3.22. The van der Waals surface area contributed by atoms with Crippen LogP contribution in [0.1, 0.15) is 28.8 Å². The molecule has 0 bridgehead atoms. The average molecular weight is 268 g/mol. The van der Waals surface area contributed by atoms with Gasteiger partial charge in [-0.25, -0.2) is 4.79 Å². The Bertz CT molecular complexity index is 657. The van der Waals surface area contributed by atoms with Gasteiger partial charge in [0.2, 0.25) is 0 Å². The summed E-state index contributed by atoms with van der Waals surface area (Å²) in [4.78, 5) is 11.1. The van der Waals surface area contributed by atoms with Crippen LogP contribution in [0.4, 0.5) is 0 Å². The highest BCUT2D eigenvalue weighted by Crippen LogP contribution is 2.30. The molecule has 0 amide bonds. The molecule has 1 N–H and O–H groups in total. The number of hydrogen-bond acceptors (Lipinski definition) is 2. The van der Waals surface area contributed by atoms with E-state index in [2.05, 4.69) is 0 Å². The van der Waals surface area contributed by atoms with Crippen molar-refractivity contribution < 1.29 is 14.6 Å². The fourth-order valence-corrected chi connectivity index (χ4v) is 2.20. The lowest BCUT2D eigenvalue weighted by Crippen LogP contribution is -1.98. The zero-order valence-electron chi connectivity index (χ0n) is 11.3. The van der Waals surface area contributed by atoms with Crippen LogP contribution in [0.25, 0.3) is 11.1 Å². The number of benzene rings is 2. The standard InChI is InChI=1S/C17H16O3/c1-11-7-13(9-14(8-11)17(18)19)12-3-2-4-16(10-12)20-15-5-6-15/h2-4,7-10,15H,5-6H2,1H3,(H,18,19). The van der Waals surface area contributed by atoms with Gasteiger partial charge in [-0.1, -0.05) is 18.2 Å². The Hall–Kier alpha value is -2.29. The van der Waals surface area contributed by atoms with Crippen molar-refractivity contribution >= 4 is 5.97 Å². The summed E-state index contributed by atoms with van der Waals surface area (Å²) in [6, 6.07) is 13.2. The maximum Gasteiger partial charge on any atom is 0.335 e. The summed E-state index contributed by atoms with van der Waals surface area (Å²) in [5.41, 5.74) is 3.14. The van der Waals surface area contributed by atoms with E-state index in [1.54, 1.807) is 12.1 Å². The van der Waals surface area contributed by atoms with Crippen molar-refractivity contribution in [1.29, 1.82) is 0 Å². The van der Waals surface area contributed by atoms with Crippen LogP contribution < -0.4 is 4.74 Å². The molecule has 0 aromatic heterocycles. The summed E-state index contributed by atoms with van der Waals surface area (Å²) >= 11 is 0. The SMILES string of the molecule is Cc1cc(C(=O)O)cc(-c2cccc(OC3CC3)c2)c1. The Morgan fingerprint density at radius 2 is 1.95 bits per heavy atom. The minimum atomic E-state index is -0.902. The van der Waals surface area contributed by atoms with Gasteiger partial charge in [0.05, 0.1) is 11.7 Å². The molecule has 1 aliphatic carbocycles. The second kappa shape index (κ2) is 5.00. The van der Waals surface area contributed by atoms with Crippen molar-refractivity contribution in [2.45, 2.75) is 25.9 Å². The third-order valence-electron chi connectivity index (χ3n) is 3.32. The van der Waals surface area contributed by atoms with Crippen LogP contribution in [-0.4, -0.2) is 17.2 Å². The van der Waals surface area contributed by atoms with E-state index in [0.717, 1.165) is 35.3 Å². The molecule has 0 aliphatic heterocycles. The summed E-state index contributed by atoms with van der Waals surface area (Å²) in [5.74, 6) is -0.0521. The monoisotopic (exact) mass is 268 g/mol. The van der Waals surface area contributed by atoms with E-state index >= 15 is 0 Å². The summed E-state index contributed by atoms with van der Waals surface area (Å²) in [7, 11) is 0. The van der Waals surface area contributed by atoms with E-state index < -0.39 is 5.97 Å². The quantitative estimate of drug-likeness (QED) is 0.914. The van der Waals surface area contributed by atoms with Crippen molar-refractivity contribution in [1.82, 2.24) is 0 Å². The van der Waals surface area contributed by atoms with E-state index in [0.29, 0.717) is 11.7 Å². The summed E-state index contributed by atoms with van der Waals surface area (Å²) < 4.78 is 5.78. The Labute approximate surface area is 117 Å². The van der Waals surface area contributed by atoms with Crippen molar-refractivity contribution in [3.8, 4) is 16.9 Å². The highest BCUT2D eigenvalue weighted by atomic mass is 16.5. The Balaban J connectivity index is 1.96. The number of ether oxygens (including phenoxy) is 1. The summed E-state index contributed by atoms with van der Waals surface area (Å²) in [5, 5.41) is 9.14. The van der Waals surface area contributed by atoms with Gasteiger partial charge in [0, 0.05) is 0 Å². The summed E-state index contributed by atoms with van der Waals surface area (Å²) in [6.45, 7) is 1.90. The minimum Gasteiger partial charge on any atom is -0.490 e. The van der Waals surface area contributed by atoms with Crippen LogP contribution in [0, 0.1) is 6.92 Å². The van der Waals surface area contributed by atoms with E-state index in [1.165, 1.54) is 0 Å². The molecule has 3 heteroatoms. The Morgan fingerprint density at radius 3 is 2.65 bits per heavy atom. The van der Waals surface area contributed by atoms with Crippen molar-refractivity contribution in [2.75, 3.05) is 0 Å². The number of aromatic carboxylic acids is 1. The molecule has 0 radical (unpaired) electrons. The molecule has 1 fully saturated rings. The number of rotatable bonds is 4. The molecule has 1 aliphatic rings. The van der Waals surface area contributed by atoms with Gasteiger partial charge in [-0.05, 0) is 60.7 Å². The second-order valence-corrected chi connectivity index (χ2v) is 5.24. The largest absolute Gasteiger partial charge is 0.490 e. The van der Waals surface area contributed by atoms with Gasteiger partial charge in [0.1, 0.15) is 5.75 Å². The highest BCUT2D eigenvalue weighted by Gasteiger charge is 2.23. The molecular formula is C17H16O3. The number of aryl methyl sites for hydroxylation is 1. The van der Waals surface area contributed by atoms with Gasteiger partial charge in [0.15, 0.2) is 0 Å². The maximum absolute atomic E-state index is 11.1. The third-order valence-corrected chi connectivity index (χ3v) is 3.32. The predicted molar refractivity (Wildman–Crippen MR) is 77.2 cm³/mol. The van der Waals surface area contributed by atoms with Gasteiger partial charge in [0.25, 0.3) is 0 Å². The molecular weight excluding hydrogens is 252 g/mol. The number of carbonyl (C=O) groups is 1. The van der Waals surface area contributed by atoms with Crippen LogP contribution in [0.2, 0.25) is 0 Å². The van der Waals surface area contributed by atoms with Crippen molar-refractivity contribution in [3.05, 3.63) is 53.6 Å². The lowest BCUT2D eigenvalue weighted by atomic mass is 10.00. The number of carboxylic acids is 1. The molecule has 0 atom stereocenters. The van der Waals surface area contributed by atoms with E-state index in [-0.39, 0.29) is 0 Å². The van der Waals surface area contributed by atoms with Crippen LogP contribution in [-0.2, 0) is 0 Å². The minimum absolute atomic E-state index is 0.313. The molecule has 0 spiro atoms. The molecule has 20 heavy (non-hydrogen) atoms. The van der Waals surface area contributed by atoms with Gasteiger partial charge in [-0.3, -0.25) is 0 Å². The first kappa shape index (κ1) is 12.7. The maximum atomic E-state index is 11.1. The highest BCUT2D eigenvalue weighted by molar-refractivity contribution is 5.89. The van der Waals surface area contributed by atoms with Gasteiger partial charge in [-0.15, -0.1) is 0 Å². The van der Waals surface area contributed by atoms with Gasteiger partial charge < -0.3 is 9.84 Å². The van der Waals surface area contributed by atoms with E-state index in [9.17, 15) is 4.79 Å². The molecule has 102 valence electrons. The molecule has 0 saturated heterocycles.